The van der Waals surface area contributed by atoms with Gasteiger partial charge in [-0.2, -0.15) is 0 Å². The Morgan fingerprint density at radius 3 is 2.40 bits per heavy atom. The van der Waals surface area contributed by atoms with Gasteiger partial charge in [-0.05, 0) is 61.6 Å². The summed E-state index contributed by atoms with van der Waals surface area (Å²) in [5, 5.41) is 0. The molecule has 1 saturated heterocycles. The van der Waals surface area contributed by atoms with Crippen molar-refractivity contribution in [2.45, 2.75) is 19.3 Å². The molecule has 2 aromatic rings. The number of ether oxygens (including phenoxy) is 1. The summed E-state index contributed by atoms with van der Waals surface area (Å²) >= 11 is 0. The van der Waals surface area contributed by atoms with Crippen LogP contribution in [0.15, 0.2) is 48.5 Å². The monoisotopic (exact) mass is 345 g/mol. The van der Waals surface area contributed by atoms with Crippen molar-refractivity contribution in [3.63, 3.8) is 0 Å². The lowest BCUT2D eigenvalue weighted by atomic mass is 9.93. The summed E-state index contributed by atoms with van der Waals surface area (Å²) in [6, 6.07) is 12.0. The number of amides is 1. The van der Waals surface area contributed by atoms with Gasteiger partial charge in [0.05, 0.1) is 6.61 Å². The Labute approximate surface area is 146 Å². The fraction of sp³-hybridized carbons (Fsp3) is 0.350. The first-order chi connectivity index (χ1) is 12.1. The van der Waals surface area contributed by atoms with E-state index in [-0.39, 0.29) is 23.3 Å². The van der Waals surface area contributed by atoms with E-state index in [0.717, 1.165) is 19.3 Å². The second-order valence-corrected chi connectivity index (χ2v) is 6.31. The zero-order valence-electron chi connectivity index (χ0n) is 14.0. The SMILES string of the molecule is O=C(c1ccc(F)cc1)N1CCC(CCOc2ccccc2F)CC1. The van der Waals surface area contributed by atoms with Gasteiger partial charge >= 0.3 is 0 Å². The van der Waals surface area contributed by atoms with E-state index in [1.165, 1.54) is 30.3 Å². The van der Waals surface area contributed by atoms with E-state index in [4.69, 9.17) is 4.74 Å². The van der Waals surface area contributed by atoms with Gasteiger partial charge < -0.3 is 9.64 Å². The van der Waals surface area contributed by atoms with Crippen LogP contribution in [0.5, 0.6) is 5.75 Å². The van der Waals surface area contributed by atoms with Crippen LogP contribution in [-0.4, -0.2) is 30.5 Å². The zero-order valence-corrected chi connectivity index (χ0v) is 14.0. The van der Waals surface area contributed by atoms with Crippen molar-refractivity contribution < 1.29 is 18.3 Å². The molecule has 0 aliphatic carbocycles. The molecule has 132 valence electrons. The molecule has 0 radical (unpaired) electrons. The van der Waals surface area contributed by atoms with Crippen LogP contribution in [0.25, 0.3) is 0 Å². The summed E-state index contributed by atoms with van der Waals surface area (Å²) in [7, 11) is 0. The third-order valence-corrected chi connectivity index (χ3v) is 4.61. The summed E-state index contributed by atoms with van der Waals surface area (Å²) in [6.45, 7) is 1.83. The third-order valence-electron chi connectivity index (χ3n) is 4.61. The zero-order chi connectivity index (χ0) is 17.6. The van der Waals surface area contributed by atoms with Crippen molar-refractivity contribution in [3.05, 3.63) is 65.7 Å². The highest BCUT2D eigenvalue weighted by atomic mass is 19.1. The summed E-state index contributed by atoms with van der Waals surface area (Å²) in [6.07, 6.45) is 2.63. The molecule has 3 rings (SSSR count). The summed E-state index contributed by atoms with van der Waals surface area (Å²) < 4.78 is 31.9. The van der Waals surface area contributed by atoms with Crippen LogP contribution < -0.4 is 4.74 Å². The van der Waals surface area contributed by atoms with Crippen molar-refractivity contribution >= 4 is 5.91 Å². The van der Waals surface area contributed by atoms with Gasteiger partial charge in [0.2, 0.25) is 0 Å². The Balaban J connectivity index is 1.43. The molecule has 0 spiro atoms. The average Bonchev–Trinajstić information content (AvgIpc) is 2.64. The smallest absolute Gasteiger partial charge is 0.253 e. The molecule has 1 aliphatic heterocycles. The number of carbonyl (C=O) groups is 1. The molecule has 1 aliphatic rings. The first-order valence-corrected chi connectivity index (χ1v) is 8.55. The summed E-state index contributed by atoms with van der Waals surface area (Å²) in [5.41, 5.74) is 0.516. The van der Waals surface area contributed by atoms with Gasteiger partial charge in [0, 0.05) is 18.7 Å². The van der Waals surface area contributed by atoms with Gasteiger partial charge in [-0.3, -0.25) is 4.79 Å². The maximum absolute atomic E-state index is 13.5. The molecule has 25 heavy (non-hydrogen) atoms. The van der Waals surface area contributed by atoms with Crippen LogP contribution in [0.1, 0.15) is 29.6 Å². The van der Waals surface area contributed by atoms with E-state index in [1.807, 2.05) is 4.90 Å². The van der Waals surface area contributed by atoms with Crippen LogP contribution in [0.3, 0.4) is 0 Å². The standard InChI is InChI=1S/C20H21F2NO2/c21-17-7-5-16(6-8-17)20(24)23-12-9-15(10-13-23)11-14-25-19-4-2-1-3-18(19)22/h1-8,15H,9-14H2. The van der Waals surface area contributed by atoms with Gasteiger partial charge in [-0.1, -0.05) is 12.1 Å². The van der Waals surface area contributed by atoms with Crippen molar-refractivity contribution in [1.29, 1.82) is 0 Å². The highest BCUT2D eigenvalue weighted by molar-refractivity contribution is 5.94. The predicted octanol–water partition coefficient (Wildman–Crippen LogP) is 4.29. The molecule has 3 nitrogen and oxygen atoms in total. The van der Waals surface area contributed by atoms with E-state index in [2.05, 4.69) is 0 Å². The van der Waals surface area contributed by atoms with Gasteiger partial charge in [0.1, 0.15) is 5.82 Å². The topological polar surface area (TPSA) is 29.5 Å². The fourth-order valence-electron chi connectivity index (χ4n) is 3.10. The quantitative estimate of drug-likeness (QED) is 0.809. The lowest BCUT2D eigenvalue weighted by Gasteiger charge is -2.32. The van der Waals surface area contributed by atoms with Crippen LogP contribution in [0.2, 0.25) is 0 Å². The number of piperidine rings is 1. The van der Waals surface area contributed by atoms with Crippen molar-refractivity contribution in [2.75, 3.05) is 19.7 Å². The molecule has 1 amide bonds. The Hall–Kier alpha value is -2.43. The van der Waals surface area contributed by atoms with E-state index in [9.17, 15) is 13.6 Å². The summed E-state index contributed by atoms with van der Waals surface area (Å²) in [5.74, 6) is 0.00356. The molecule has 0 saturated carbocycles. The Morgan fingerprint density at radius 1 is 1.04 bits per heavy atom. The number of para-hydroxylation sites is 1. The van der Waals surface area contributed by atoms with E-state index in [0.29, 0.717) is 31.2 Å². The number of benzene rings is 2. The van der Waals surface area contributed by atoms with E-state index < -0.39 is 0 Å². The molecular weight excluding hydrogens is 324 g/mol. The predicted molar refractivity (Wildman–Crippen MR) is 91.5 cm³/mol. The molecule has 0 atom stereocenters. The minimum atomic E-state index is -0.345. The molecule has 0 N–H and O–H groups in total. The summed E-state index contributed by atoms with van der Waals surface area (Å²) in [4.78, 5) is 14.2. The van der Waals surface area contributed by atoms with Gasteiger partial charge in [0.15, 0.2) is 11.6 Å². The molecule has 2 aromatic carbocycles. The first-order valence-electron chi connectivity index (χ1n) is 8.55. The second-order valence-electron chi connectivity index (χ2n) is 6.31. The lowest BCUT2D eigenvalue weighted by Crippen LogP contribution is -2.38. The lowest BCUT2D eigenvalue weighted by molar-refractivity contribution is 0.0679. The number of hydrogen-bond donors (Lipinski definition) is 0. The Kier molecular flexibility index (Phi) is 5.64. The minimum absolute atomic E-state index is 0.0546. The van der Waals surface area contributed by atoms with Crippen molar-refractivity contribution in [1.82, 2.24) is 4.90 Å². The highest BCUT2D eigenvalue weighted by Crippen LogP contribution is 2.23. The highest BCUT2D eigenvalue weighted by Gasteiger charge is 2.23. The molecule has 0 bridgehead atoms. The molecular formula is C20H21F2NO2. The third kappa shape index (κ3) is 4.56. The first kappa shape index (κ1) is 17.4. The van der Waals surface area contributed by atoms with Crippen LogP contribution in [-0.2, 0) is 0 Å². The van der Waals surface area contributed by atoms with Crippen LogP contribution in [0, 0.1) is 17.6 Å². The molecule has 5 heteroatoms. The second kappa shape index (κ2) is 8.10. The number of carbonyl (C=O) groups excluding carboxylic acids is 1. The molecule has 0 aromatic heterocycles. The number of likely N-dealkylation sites (tertiary alicyclic amines) is 1. The number of rotatable bonds is 5. The van der Waals surface area contributed by atoms with Crippen LogP contribution in [0.4, 0.5) is 8.78 Å². The van der Waals surface area contributed by atoms with Gasteiger partial charge in [-0.25, -0.2) is 8.78 Å². The van der Waals surface area contributed by atoms with E-state index >= 15 is 0 Å². The van der Waals surface area contributed by atoms with Crippen molar-refractivity contribution in [2.24, 2.45) is 5.92 Å². The van der Waals surface area contributed by atoms with Gasteiger partial charge in [-0.15, -0.1) is 0 Å². The largest absolute Gasteiger partial charge is 0.491 e. The number of nitrogens with zero attached hydrogens (tertiary/aromatic N) is 1. The van der Waals surface area contributed by atoms with E-state index in [1.54, 1.807) is 18.2 Å². The maximum Gasteiger partial charge on any atom is 0.253 e. The number of hydrogen-bond acceptors (Lipinski definition) is 2. The Bertz CT molecular complexity index is 710. The maximum atomic E-state index is 13.5. The molecule has 1 fully saturated rings. The average molecular weight is 345 g/mol. The number of halogens is 2. The van der Waals surface area contributed by atoms with Crippen molar-refractivity contribution in [3.8, 4) is 5.75 Å². The van der Waals surface area contributed by atoms with Gasteiger partial charge in [0.25, 0.3) is 5.91 Å². The fourth-order valence-corrected chi connectivity index (χ4v) is 3.10. The Morgan fingerprint density at radius 2 is 1.72 bits per heavy atom. The molecule has 0 unspecified atom stereocenters. The minimum Gasteiger partial charge on any atom is -0.491 e. The normalized spacial score (nSPS) is 15.2. The van der Waals surface area contributed by atoms with Crippen LogP contribution >= 0.6 is 0 Å². The molecule has 1 heterocycles.